The van der Waals surface area contributed by atoms with Crippen molar-refractivity contribution in [1.82, 2.24) is 4.90 Å². The predicted molar refractivity (Wildman–Crippen MR) is 86.6 cm³/mol. The summed E-state index contributed by atoms with van der Waals surface area (Å²) in [6, 6.07) is 17.4. The topological polar surface area (TPSA) is 23.6 Å². The molecule has 21 heavy (non-hydrogen) atoms. The number of halogens is 1. The molecule has 0 aromatic heterocycles. The van der Waals surface area contributed by atoms with Crippen LogP contribution in [-0.2, 0) is 11.3 Å². The van der Waals surface area contributed by atoms with Crippen LogP contribution in [0.25, 0.3) is 0 Å². The van der Waals surface area contributed by atoms with Crippen LogP contribution in [0.4, 0.5) is 5.69 Å². The van der Waals surface area contributed by atoms with Gasteiger partial charge in [-0.05, 0) is 0 Å². The van der Waals surface area contributed by atoms with Crippen LogP contribution >= 0.6 is 11.6 Å². The van der Waals surface area contributed by atoms with E-state index in [9.17, 15) is 4.79 Å². The van der Waals surface area contributed by atoms with Crippen LogP contribution in [0.15, 0.2) is 54.6 Å². The number of amides is 1. The Hall–Kier alpha value is -1.61. The van der Waals surface area contributed by atoms with Crippen molar-refractivity contribution in [3.63, 3.8) is 0 Å². The van der Waals surface area contributed by atoms with E-state index in [1.54, 1.807) is 17.0 Å². The molecule has 1 aliphatic heterocycles. The molecule has 0 saturated carbocycles. The van der Waals surface area contributed by atoms with Crippen molar-refractivity contribution in [2.24, 2.45) is 0 Å². The van der Waals surface area contributed by atoms with Gasteiger partial charge in [0.2, 0.25) is 0 Å². The van der Waals surface area contributed by atoms with E-state index in [1.807, 2.05) is 35.2 Å². The van der Waals surface area contributed by atoms with Crippen molar-refractivity contribution < 1.29 is 4.79 Å². The Kier molecular flexibility index (Phi) is 4.11. The molecule has 0 N–H and O–H groups in total. The molecule has 0 radical (unpaired) electrons. The average molecular weight is 364 g/mol. The molecule has 1 fully saturated rings. The Bertz CT molecular complexity index is 672. The molecule has 106 valence electrons. The second kappa shape index (κ2) is 6.02. The van der Waals surface area contributed by atoms with Gasteiger partial charge in [0.1, 0.15) is 0 Å². The zero-order chi connectivity index (χ0) is 14.8. The first-order valence-electron chi connectivity index (χ1n) is 6.56. The second-order valence-corrected chi connectivity index (χ2v) is 6.03. The van der Waals surface area contributed by atoms with Crippen LogP contribution in [0, 0.1) is 0 Å². The number of carbonyl (C=O) groups is 1. The number of hydrogen-bond donors (Lipinski definition) is 0. The van der Waals surface area contributed by atoms with E-state index in [2.05, 4.69) is 27.7 Å². The summed E-state index contributed by atoms with van der Waals surface area (Å²) in [6.07, 6.45) is 0. The molecule has 2 aromatic rings. The van der Waals surface area contributed by atoms with Gasteiger partial charge in [-0.3, -0.25) is 0 Å². The molecule has 3 nitrogen and oxygen atoms in total. The number of hydrogen-bond acceptors (Lipinski definition) is 2. The molecule has 0 bridgehead atoms. The fourth-order valence-electron chi connectivity index (χ4n) is 2.32. The molecule has 5 heteroatoms. The zero-order valence-electron chi connectivity index (χ0n) is 11.2. The Morgan fingerprint density at radius 1 is 1.05 bits per heavy atom. The summed E-state index contributed by atoms with van der Waals surface area (Å²) in [6.45, 7) is 1.08. The molecule has 0 spiro atoms. The van der Waals surface area contributed by atoms with E-state index in [1.165, 1.54) is 5.56 Å². The van der Waals surface area contributed by atoms with Crippen molar-refractivity contribution in [2.45, 2.75) is 6.54 Å². The van der Waals surface area contributed by atoms with Gasteiger partial charge in [-0.1, -0.05) is 0 Å². The molecule has 1 aliphatic rings. The number of nitrogens with zero attached hydrogens (tertiary/aromatic N) is 2. The van der Waals surface area contributed by atoms with Crippen molar-refractivity contribution in [1.29, 1.82) is 0 Å². The van der Waals surface area contributed by atoms with Gasteiger partial charge in [-0.25, -0.2) is 0 Å². The van der Waals surface area contributed by atoms with Gasteiger partial charge >= 0.3 is 136 Å². The fraction of sp³-hybridized carbons (Fsp3) is 0.125. The van der Waals surface area contributed by atoms with Gasteiger partial charge in [-0.2, -0.15) is 0 Å². The molecule has 1 amide bonds. The standard InChI is InChI=1S/C16H13ClN2OSe/c17-13-6-8-14(9-7-13)19-15(20)11-18(16(19)21)10-12-4-2-1-3-5-12/h1-9H,10-11H2. The van der Waals surface area contributed by atoms with Crippen LogP contribution < -0.4 is 4.90 Å². The molecule has 1 heterocycles. The summed E-state index contributed by atoms with van der Waals surface area (Å²) >= 11 is 8.92. The van der Waals surface area contributed by atoms with E-state index >= 15 is 0 Å². The Morgan fingerprint density at radius 3 is 2.38 bits per heavy atom. The summed E-state index contributed by atoms with van der Waals surface area (Å²) in [5.74, 6) is 0.0574. The minimum absolute atomic E-state index is 0.0574. The van der Waals surface area contributed by atoms with E-state index < -0.39 is 0 Å². The van der Waals surface area contributed by atoms with E-state index in [-0.39, 0.29) is 5.91 Å². The maximum atomic E-state index is 12.3. The van der Waals surface area contributed by atoms with Gasteiger partial charge in [0.25, 0.3) is 0 Å². The van der Waals surface area contributed by atoms with Crippen LogP contribution in [0.2, 0.25) is 5.02 Å². The van der Waals surface area contributed by atoms with Gasteiger partial charge in [0.05, 0.1) is 0 Å². The van der Waals surface area contributed by atoms with E-state index in [0.717, 1.165) is 10.4 Å². The van der Waals surface area contributed by atoms with Gasteiger partial charge in [-0.15, -0.1) is 0 Å². The molecule has 3 rings (SSSR count). The van der Waals surface area contributed by atoms with Crippen molar-refractivity contribution >= 4 is 43.4 Å². The molecule has 0 atom stereocenters. The third kappa shape index (κ3) is 3.03. The number of anilines is 1. The molecule has 0 unspecified atom stereocenters. The third-order valence-electron chi connectivity index (χ3n) is 3.34. The minimum atomic E-state index is 0.0574. The molecular formula is C16H13ClN2OSe. The molecular weight excluding hydrogens is 351 g/mol. The molecule has 1 saturated heterocycles. The second-order valence-electron chi connectivity index (χ2n) is 4.83. The Morgan fingerprint density at radius 2 is 1.71 bits per heavy atom. The van der Waals surface area contributed by atoms with Crippen molar-refractivity contribution in [3.05, 3.63) is 65.2 Å². The van der Waals surface area contributed by atoms with Crippen molar-refractivity contribution in [3.8, 4) is 0 Å². The molecule has 0 aliphatic carbocycles. The Labute approximate surface area is 136 Å². The molecule has 2 aromatic carbocycles. The van der Waals surface area contributed by atoms with Gasteiger partial charge < -0.3 is 0 Å². The summed E-state index contributed by atoms with van der Waals surface area (Å²) in [4.78, 5) is 16.0. The fourth-order valence-corrected chi connectivity index (χ4v) is 3.15. The van der Waals surface area contributed by atoms with Crippen LogP contribution in [0.1, 0.15) is 5.56 Å². The van der Waals surface area contributed by atoms with Gasteiger partial charge in [0.15, 0.2) is 0 Å². The normalized spacial score (nSPS) is 14.9. The SMILES string of the molecule is O=C1CN(Cc2ccccc2)C(=[Se])N1c1ccc(Cl)cc1. The average Bonchev–Trinajstić information content (AvgIpc) is 2.76. The zero-order valence-corrected chi connectivity index (χ0v) is 13.7. The van der Waals surface area contributed by atoms with Gasteiger partial charge in [0, 0.05) is 0 Å². The van der Waals surface area contributed by atoms with Crippen molar-refractivity contribution in [2.75, 3.05) is 11.4 Å². The first kappa shape index (κ1) is 14.3. The summed E-state index contributed by atoms with van der Waals surface area (Å²) in [5, 5.41) is 0.660. The number of benzene rings is 2. The van der Waals surface area contributed by atoms with Crippen LogP contribution in [0.3, 0.4) is 0 Å². The van der Waals surface area contributed by atoms with E-state index in [0.29, 0.717) is 18.1 Å². The quantitative estimate of drug-likeness (QED) is 0.782. The van der Waals surface area contributed by atoms with Crippen LogP contribution in [0.5, 0.6) is 0 Å². The van der Waals surface area contributed by atoms with Crippen LogP contribution in [-0.4, -0.2) is 37.6 Å². The maximum absolute atomic E-state index is 12.3. The monoisotopic (exact) mass is 364 g/mol. The summed E-state index contributed by atoms with van der Waals surface area (Å²) < 4.78 is 0.825. The summed E-state index contributed by atoms with van der Waals surface area (Å²) in [7, 11) is 0. The first-order chi connectivity index (χ1) is 10.1. The number of rotatable bonds is 3. The van der Waals surface area contributed by atoms with E-state index in [4.69, 9.17) is 11.6 Å². The summed E-state index contributed by atoms with van der Waals surface area (Å²) in [5.41, 5.74) is 2.00. The Balaban J connectivity index is 1.80. The first-order valence-corrected chi connectivity index (χ1v) is 7.80. The predicted octanol–water partition coefficient (Wildman–Crippen LogP) is 2.44. The number of carbonyl (C=O) groups excluding carboxylic acids is 1. The third-order valence-corrected chi connectivity index (χ3v) is 4.52.